The van der Waals surface area contributed by atoms with Crippen LogP contribution in [0.25, 0.3) is 0 Å². The first kappa shape index (κ1) is 58.6. The van der Waals surface area contributed by atoms with Crippen LogP contribution in [0, 0.1) is 92.2 Å². The molecule has 17 heteroatoms. The van der Waals surface area contributed by atoms with Crippen molar-refractivity contribution < 1.29 is 71.8 Å². The van der Waals surface area contributed by atoms with Crippen molar-refractivity contribution in [2.75, 3.05) is 27.9 Å². The van der Waals surface area contributed by atoms with Gasteiger partial charge in [0, 0.05) is 24.4 Å². The first-order chi connectivity index (χ1) is 31.5. The zero-order chi connectivity index (χ0) is 50.5. The van der Waals surface area contributed by atoms with Gasteiger partial charge < -0.3 is 25.4 Å². The van der Waals surface area contributed by atoms with Crippen LogP contribution in [0.3, 0.4) is 0 Å². The fourth-order valence-electron chi connectivity index (χ4n) is 7.96. The number of hydrogen-bond acceptors (Lipinski definition) is 12. The normalized spacial score (nSPS) is 12.6. The van der Waals surface area contributed by atoms with Crippen LogP contribution >= 0.6 is 0 Å². The van der Waals surface area contributed by atoms with Gasteiger partial charge in [-0.05, 0) is 161 Å². The van der Waals surface area contributed by atoms with E-state index in [4.69, 9.17) is 15.5 Å². The van der Waals surface area contributed by atoms with Crippen molar-refractivity contribution in [3.8, 4) is 11.5 Å². The van der Waals surface area contributed by atoms with Crippen LogP contribution < -0.4 is 20.2 Å². The molecule has 5 aromatic rings. The molecule has 0 fully saturated rings. The maximum absolute atomic E-state index is 13.6. The average Bonchev–Trinajstić information content (AvgIpc) is 3.30. The molecule has 15 nitrogen and oxygen atoms in total. The number of carboxylic acid groups (broad SMARTS) is 1. The second kappa shape index (κ2) is 26.3. The third kappa shape index (κ3) is 14.0. The van der Waals surface area contributed by atoms with Crippen LogP contribution in [0.15, 0.2) is 83.8 Å². The van der Waals surface area contributed by atoms with Crippen LogP contribution in [0.1, 0.15) is 95.9 Å². The minimum atomic E-state index is -3.81. The smallest absolute Gasteiger partial charge is 0.320 e. The molecule has 4 atom stereocenters. The van der Waals surface area contributed by atoms with E-state index < -0.39 is 57.3 Å². The predicted molar refractivity (Wildman–Crippen MR) is 257 cm³/mol. The number of benzene rings is 5. The Kier molecular flexibility index (Phi) is 22.6. The molecular weight excluding hydrogens is 980 g/mol. The van der Waals surface area contributed by atoms with Crippen molar-refractivity contribution in [2.45, 2.75) is 99.1 Å². The molecule has 0 saturated heterocycles. The van der Waals surface area contributed by atoms with E-state index in [-0.39, 0.29) is 36.5 Å². The summed E-state index contributed by atoms with van der Waals surface area (Å²) in [5, 5.41) is 20.5. The molecule has 5 aromatic carbocycles. The minimum absolute atomic E-state index is 0. The van der Waals surface area contributed by atoms with Gasteiger partial charge in [0.2, 0.25) is 16.6 Å². The summed E-state index contributed by atoms with van der Waals surface area (Å²) in [5.74, 6) is -6.25. The summed E-state index contributed by atoms with van der Waals surface area (Å²) in [6.45, 7) is 22.1. The number of methoxy groups -OCH3 is 1. The summed E-state index contributed by atoms with van der Waals surface area (Å²) in [6.07, 6.45) is 0. The number of rotatable bonds is 16. The van der Waals surface area contributed by atoms with Crippen LogP contribution in [-0.4, -0.2) is 58.3 Å². The second-order valence-electron chi connectivity index (χ2n) is 16.3. The maximum Gasteiger partial charge on any atom is 0.320 e. The third-order valence-electron chi connectivity index (χ3n) is 12.8. The number of nitrogens with zero attached hydrogens (tertiary/aromatic N) is 1. The van der Waals surface area contributed by atoms with E-state index in [1.165, 1.54) is 65.8 Å². The van der Waals surface area contributed by atoms with E-state index in [2.05, 4.69) is 60.8 Å². The average molecular weight is 1050 g/mol. The Morgan fingerprint density at radius 1 is 0.632 bits per heavy atom. The van der Waals surface area contributed by atoms with Gasteiger partial charge in [0.15, 0.2) is 17.4 Å². The first-order valence-electron chi connectivity index (χ1n) is 21.4. The summed E-state index contributed by atoms with van der Waals surface area (Å²) in [4.78, 5) is 53.1. The quantitative estimate of drug-likeness (QED) is 0.0210. The summed E-state index contributed by atoms with van der Waals surface area (Å²) in [7, 11) is -0.465. The van der Waals surface area contributed by atoms with Crippen molar-refractivity contribution in [3.63, 3.8) is 0 Å². The Labute approximate surface area is 413 Å². The molecule has 0 spiro atoms. The molecule has 0 radical (unpaired) electrons. The summed E-state index contributed by atoms with van der Waals surface area (Å²) >= 11 is 0. The Bertz CT molecular complexity index is 2490. The predicted octanol–water partition coefficient (Wildman–Crippen LogP) is 9.28. The number of ether oxygens (including phenoxy) is 1. The number of aliphatic carboxylic acids is 1. The fourth-order valence-corrected chi connectivity index (χ4v) is 9.81. The number of sulfonamides is 1. The van der Waals surface area contributed by atoms with E-state index in [0.717, 1.165) is 46.1 Å². The molecule has 0 amide bonds. The monoisotopic (exact) mass is 1050 g/mol. The van der Waals surface area contributed by atoms with Gasteiger partial charge in [0.25, 0.3) is 0 Å². The molecule has 0 heterocycles. The number of carbonyl (C=O) groups excluding carboxylic acids is 1. The van der Waals surface area contributed by atoms with Crippen LogP contribution in [0.2, 0.25) is 0 Å². The number of hydrogen-bond donors (Lipinski definition) is 3. The molecule has 0 aliphatic carbocycles. The molecule has 4 N–H and O–H groups in total. The summed E-state index contributed by atoms with van der Waals surface area (Å²) in [6, 6.07) is 22.1. The number of esters is 1. The number of nitrogens with two attached hydrogens (primary N) is 1. The van der Waals surface area contributed by atoms with Crippen molar-refractivity contribution in [1.82, 2.24) is 4.72 Å². The molecule has 68 heavy (non-hydrogen) atoms. The van der Waals surface area contributed by atoms with Gasteiger partial charge in [-0.3, -0.25) is 19.7 Å². The molecule has 0 bridgehead atoms. The fraction of sp³-hybridized carbons (Fsp3) is 0.373. The topological polar surface area (TPSA) is 216 Å². The third-order valence-corrected chi connectivity index (χ3v) is 14.5. The van der Waals surface area contributed by atoms with Crippen LogP contribution in [0.5, 0.6) is 11.5 Å². The molecule has 0 aliphatic heterocycles. The Hall–Kier alpha value is -5.55. The molecule has 0 saturated carbocycles. The molecule has 0 aliphatic rings. The van der Waals surface area contributed by atoms with Gasteiger partial charge in [0.05, 0.1) is 49.8 Å². The molecule has 5 rings (SSSR count). The SMILES string of the molecule is COOc1cccc(OOC)c1C(C[N+](=O)[O-])C(C(=O)O)C(=O)OC.Cc1c(C)c(C)c(C)c(C)c1C.Cc1c(C)c(C)c(S(=O)(=O)N[C@@H](c2ccccc2)[C@@H](N)c2ccccc2)c(C)c1C.[Ru]. The van der Waals surface area contributed by atoms with E-state index in [1.54, 1.807) is 0 Å². The van der Waals surface area contributed by atoms with Crippen LogP contribution in [0.4, 0.5) is 0 Å². The number of carboxylic acids is 1. The van der Waals surface area contributed by atoms with Gasteiger partial charge in [-0.25, -0.2) is 13.1 Å². The van der Waals surface area contributed by atoms with E-state index in [9.17, 15) is 33.2 Å². The zero-order valence-corrected chi connectivity index (χ0v) is 43.8. The van der Waals surface area contributed by atoms with Gasteiger partial charge in [-0.15, -0.1) is 0 Å². The zero-order valence-electron chi connectivity index (χ0n) is 41.2. The molecule has 370 valence electrons. The van der Waals surface area contributed by atoms with Crippen LogP contribution in [-0.2, 0) is 53.6 Å². The van der Waals surface area contributed by atoms with Crippen molar-refractivity contribution in [1.29, 1.82) is 0 Å². The summed E-state index contributed by atoms with van der Waals surface area (Å²) in [5.41, 5.74) is 21.6. The minimum Gasteiger partial charge on any atom is -0.481 e. The Balaban J connectivity index is 0.000000377. The number of nitrogens with one attached hydrogen (secondary N) is 1. The van der Waals surface area contributed by atoms with E-state index in [1.807, 2.05) is 95.3 Å². The largest absolute Gasteiger partial charge is 0.481 e. The van der Waals surface area contributed by atoms with Crippen molar-refractivity contribution in [2.24, 2.45) is 11.7 Å². The van der Waals surface area contributed by atoms with Crippen molar-refractivity contribution in [3.05, 3.63) is 167 Å². The molecule has 0 aromatic heterocycles. The molecule has 2 unspecified atom stereocenters. The second-order valence-corrected chi connectivity index (χ2v) is 17.9. The summed E-state index contributed by atoms with van der Waals surface area (Å²) < 4.78 is 34.7. The number of nitro groups is 1. The Morgan fingerprint density at radius 3 is 1.34 bits per heavy atom. The Morgan fingerprint density at radius 2 is 1.00 bits per heavy atom. The van der Waals surface area contributed by atoms with E-state index >= 15 is 0 Å². The van der Waals surface area contributed by atoms with E-state index in [0.29, 0.717) is 4.90 Å². The first-order valence-corrected chi connectivity index (χ1v) is 22.9. The van der Waals surface area contributed by atoms with Gasteiger partial charge >= 0.3 is 11.9 Å². The van der Waals surface area contributed by atoms with Crippen molar-refractivity contribution >= 4 is 22.0 Å². The molecular formula is C51H65N3O12RuS. The van der Waals surface area contributed by atoms with Gasteiger partial charge in [0.1, 0.15) is 0 Å². The van der Waals surface area contributed by atoms with Gasteiger partial charge in [-0.2, -0.15) is 9.78 Å². The maximum atomic E-state index is 13.6. The van der Waals surface area contributed by atoms with Gasteiger partial charge in [-0.1, -0.05) is 66.7 Å². The number of carbonyl (C=O) groups is 2. The standard InChI is InChI=1S/C25H30N2O2S.C14H17NO10.C12H18.Ru/c1-16-17(2)19(4)25(20(5)18(16)3)30(28,29)27-24(22-14-10-7-11-15-22)23(26)21-12-8-6-9-13-21;1-21-14(18)12(13(16)17)8(7-15(19)20)11-9(24-22-2)5-4-6-10(11)25-23-3;1-7-8(2)10(4)12(6)11(5)9(7)3;/h6-15,23-24,27H,26H2,1-5H3;4-6,8,12H,7H2,1-3H3,(H,16,17);1-6H3;/t23-,24-;;;/m0.../s1.